The summed E-state index contributed by atoms with van der Waals surface area (Å²) in [7, 11) is 0. The fourth-order valence-corrected chi connectivity index (χ4v) is 2.24. The first-order valence-electron chi connectivity index (χ1n) is 7.47. The number of pyridine rings is 1. The third-order valence-corrected chi connectivity index (χ3v) is 3.44. The molecule has 0 aliphatic rings. The van der Waals surface area contributed by atoms with Gasteiger partial charge in [0.2, 0.25) is 0 Å². The molecule has 0 spiro atoms. The van der Waals surface area contributed by atoms with Crippen molar-refractivity contribution in [1.29, 1.82) is 0 Å². The SMILES string of the molecule is CC(C)CCC(C)NC(=O)Nc1cccc2cccnc12. The first-order chi connectivity index (χ1) is 10.1. The van der Waals surface area contributed by atoms with Crippen LogP contribution in [0, 0.1) is 5.92 Å². The van der Waals surface area contributed by atoms with E-state index in [4.69, 9.17) is 0 Å². The Balaban J connectivity index is 1.98. The van der Waals surface area contributed by atoms with E-state index < -0.39 is 0 Å². The molecule has 0 aliphatic carbocycles. The van der Waals surface area contributed by atoms with Crippen LogP contribution in [0.2, 0.25) is 0 Å². The Bertz CT molecular complexity index is 605. The number of amides is 2. The van der Waals surface area contributed by atoms with Crippen molar-refractivity contribution in [3.05, 3.63) is 36.5 Å². The zero-order valence-corrected chi connectivity index (χ0v) is 12.9. The van der Waals surface area contributed by atoms with Crippen LogP contribution in [0.5, 0.6) is 0 Å². The molecule has 2 aromatic rings. The van der Waals surface area contributed by atoms with E-state index in [9.17, 15) is 4.79 Å². The van der Waals surface area contributed by atoms with Crippen LogP contribution in [0.3, 0.4) is 0 Å². The molecule has 21 heavy (non-hydrogen) atoms. The average molecular weight is 285 g/mol. The Kier molecular flexibility index (Phi) is 5.14. The summed E-state index contributed by atoms with van der Waals surface area (Å²) in [6, 6.07) is 9.63. The van der Waals surface area contributed by atoms with Gasteiger partial charge in [-0.05, 0) is 37.8 Å². The van der Waals surface area contributed by atoms with Crippen LogP contribution >= 0.6 is 0 Å². The number of aromatic nitrogens is 1. The fourth-order valence-electron chi connectivity index (χ4n) is 2.24. The largest absolute Gasteiger partial charge is 0.335 e. The minimum atomic E-state index is -0.176. The van der Waals surface area contributed by atoms with E-state index in [1.54, 1.807) is 6.20 Å². The van der Waals surface area contributed by atoms with Crippen LogP contribution in [0.4, 0.5) is 10.5 Å². The van der Waals surface area contributed by atoms with Gasteiger partial charge in [-0.1, -0.05) is 32.0 Å². The normalized spacial score (nSPS) is 12.4. The van der Waals surface area contributed by atoms with Gasteiger partial charge >= 0.3 is 6.03 Å². The number of carbonyl (C=O) groups is 1. The lowest BCUT2D eigenvalue weighted by Gasteiger charge is -2.16. The highest BCUT2D eigenvalue weighted by Crippen LogP contribution is 2.20. The number of hydrogen-bond acceptors (Lipinski definition) is 2. The Morgan fingerprint density at radius 2 is 1.90 bits per heavy atom. The second-order valence-electron chi connectivity index (χ2n) is 5.85. The number of carbonyl (C=O) groups excluding carboxylic acids is 1. The summed E-state index contributed by atoms with van der Waals surface area (Å²) in [6.45, 7) is 6.41. The van der Waals surface area contributed by atoms with Gasteiger partial charge in [0, 0.05) is 17.6 Å². The standard InChI is InChI=1S/C17H23N3O/c1-12(2)9-10-13(3)19-17(21)20-15-8-4-6-14-7-5-11-18-16(14)15/h4-8,11-13H,9-10H2,1-3H3,(H2,19,20,21). The van der Waals surface area contributed by atoms with E-state index in [1.165, 1.54) is 0 Å². The van der Waals surface area contributed by atoms with E-state index in [1.807, 2.05) is 37.3 Å². The molecule has 2 N–H and O–H groups in total. The second-order valence-corrected chi connectivity index (χ2v) is 5.85. The second kappa shape index (κ2) is 7.07. The molecule has 1 unspecified atom stereocenters. The number of rotatable bonds is 5. The van der Waals surface area contributed by atoms with Crippen LogP contribution in [-0.2, 0) is 0 Å². The van der Waals surface area contributed by atoms with Crippen molar-refractivity contribution in [2.75, 3.05) is 5.32 Å². The van der Waals surface area contributed by atoms with Crippen LogP contribution in [0.1, 0.15) is 33.6 Å². The Morgan fingerprint density at radius 1 is 1.14 bits per heavy atom. The van der Waals surface area contributed by atoms with Crippen LogP contribution < -0.4 is 10.6 Å². The molecule has 1 heterocycles. The summed E-state index contributed by atoms with van der Waals surface area (Å²) in [6.07, 6.45) is 3.83. The zero-order valence-electron chi connectivity index (χ0n) is 12.9. The molecule has 0 bridgehead atoms. The number of nitrogens with one attached hydrogen (secondary N) is 2. The van der Waals surface area contributed by atoms with E-state index in [0.29, 0.717) is 5.92 Å². The zero-order chi connectivity index (χ0) is 15.2. The first-order valence-corrected chi connectivity index (χ1v) is 7.47. The molecule has 2 amide bonds. The molecule has 0 radical (unpaired) electrons. The molecule has 0 fully saturated rings. The number of anilines is 1. The summed E-state index contributed by atoms with van der Waals surface area (Å²) < 4.78 is 0. The smallest absolute Gasteiger partial charge is 0.319 e. The number of benzene rings is 1. The average Bonchev–Trinajstić information content (AvgIpc) is 2.45. The Labute approximate surface area is 126 Å². The van der Waals surface area contributed by atoms with Crippen molar-refractivity contribution >= 4 is 22.6 Å². The highest BCUT2D eigenvalue weighted by molar-refractivity contribution is 5.99. The van der Waals surface area contributed by atoms with Gasteiger partial charge in [-0.15, -0.1) is 0 Å². The molecule has 0 saturated heterocycles. The van der Waals surface area contributed by atoms with Crippen molar-refractivity contribution in [2.24, 2.45) is 5.92 Å². The number of urea groups is 1. The predicted octanol–water partition coefficient (Wildman–Crippen LogP) is 4.18. The van der Waals surface area contributed by atoms with E-state index in [0.717, 1.165) is 29.4 Å². The quantitative estimate of drug-likeness (QED) is 0.865. The van der Waals surface area contributed by atoms with Gasteiger partial charge in [0.25, 0.3) is 0 Å². The molecule has 0 saturated carbocycles. The lowest BCUT2D eigenvalue weighted by atomic mass is 10.0. The molecular formula is C17H23N3O. The highest BCUT2D eigenvalue weighted by atomic mass is 16.2. The molecular weight excluding hydrogens is 262 g/mol. The Hall–Kier alpha value is -2.10. The van der Waals surface area contributed by atoms with Crippen LogP contribution in [0.15, 0.2) is 36.5 Å². The first kappa shape index (κ1) is 15.3. The van der Waals surface area contributed by atoms with Crippen LogP contribution in [0.25, 0.3) is 10.9 Å². The number of fused-ring (bicyclic) bond motifs is 1. The predicted molar refractivity (Wildman–Crippen MR) is 87.4 cm³/mol. The van der Waals surface area contributed by atoms with Crippen molar-refractivity contribution in [3.63, 3.8) is 0 Å². The third-order valence-electron chi connectivity index (χ3n) is 3.44. The molecule has 0 aliphatic heterocycles. The number of para-hydroxylation sites is 1. The molecule has 1 atom stereocenters. The Morgan fingerprint density at radius 3 is 2.67 bits per heavy atom. The fraction of sp³-hybridized carbons (Fsp3) is 0.412. The topological polar surface area (TPSA) is 54.0 Å². The number of hydrogen-bond donors (Lipinski definition) is 2. The monoisotopic (exact) mass is 285 g/mol. The van der Waals surface area contributed by atoms with Gasteiger partial charge in [0.1, 0.15) is 0 Å². The minimum Gasteiger partial charge on any atom is -0.335 e. The van der Waals surface area contributed by atoms with Crippen molar-refractivity contribution in [3.8, 4) is 0 Å². The maximum atomic E-state index is 12.1. The van der Waals surface area contributed by atoms with Crippen molar-refractivity contribution in [2.45, 2.75) is 39.7 Å². The summed E-state index contributed by atoms with van der Waals surface area (Å²) in [5, 5.41) is 6.88. The van der Waals surface area contributed by atoms with E-state index in [-0.39, 0.29) is 12.1 Å². The maximum Gasteiger partial charge on any atom is 0.319 e. The van der Waals surface area contributed by atoms with Gasteiger partial charge in [-0.2, -0.15) is 0 Å². The van der Waals surface area contributed by atoms with Gasteiger partial charge in [-0.25, -0.2) is 4.79 Å². The highest BCUT2D eigenvalue weighted by Gasteiger charge is 2.10. The minimum absolute atomic E-state index is 0.162. The van der Waals surface area contributed by atoms with Crippen molar-refractivity contribution < 1.29 is 4.79 Å². The van der Waals surface area contributed by atoms with Gasteiger partial charge < -0.3 is 10.6 Å². The summed E-state index contributed by atoms with van der Waals surface area (Å²) in [5.74, 6) is 0.652. The summed E-state index contributed by atoms with van der Waals surface area (Å²) in [4.78, 5) is 16.4. The maximum absolute atomic E-state index is 12.1. The molecule has 4 heteroatoms. The van der Waals surface area contributed by atoms with Gasteiger partial charge in [-0.3, -0.25) is 4.98 Å². The molecule has 1 aromatic carbocycles. The molecule has 4 nitrogen and oxygen atoms in total. The molecule has 2 rings (SSSR count). The van der Waals surface area contributed by atoms with E-state index in [2.05, 4.69) is 29.5 Å². The van der Waals surface area contributed by atoms with Gasteiger partial charge in [0.05, 0.1) is 11.2 Å². The van der Waals surface area contributed by atoms with E-state index >= 15 is 0 Å². The summed E-state index contributed by atoms with van der Waals surface area (Å²) >= 11 is 0. The van der Waals surface area contributed by atoms with Crippen molar-refractivity contribution in [1.82, 2.24) is 10.3 Å². The van der Waals surface area contributed by atoms with Crippen LogP contribution in [-0.4, -0.2) is 17.1 Å². The summed E-state index contributed by atoms with van der Waals surface area (Å²) in [5.41, 5.74) is 1.55. The molecule has 1 aromatic heterocycles. The molecule has 112 valence electrons. The number of nitrogens with zero attached hydrogens (tertiary/aromatic N) is 1. The van der Waals surface area contributed by atoms with Gasteiger partial charge in [0.15, 0.2) is 0 Å². The third kappa shape index (κ3) is 4.45. The lowest BCUT2D eigenvalue weighted by Crippen LogP contribution is -2.36. The lowest BCUT2D eigenvalue weighted by molar-refractivity contribution is 0.248.